The van der Waals surface area contributed by atoms with Gasteiger partial charge in [-0.25, -0.2) is 12.8 Å². The number of carbonyl (C=O) groups excluding carboxylic acids is 2. The smallest absolute Gasteiger partial charge is 0.307 e. The summed E-state index contributed by atoms with van der Waals surface area (Å²) in [5.74, 6) is -2.41. The van der Waals surface area contributed by atoms with Gasteiger partial charge in [0.25, 0.3) is 5.91 Å². The number of hydrogen-bond acceptors (Lipinski definition) is 6. The monoisotopic (exact) mass is 424 g/mol. The average molecular weight is 424 g/mol. The zero-order valence-electron chi connectivity index (χ0n) is 16.6. The molecule has 9 heteroatoms. The van der Waals surface area contributed by atoms with Crippen LogP contribution in [0.3, 0.4) is 0 Å². The summed E-state index contributed by atoms with van der Waals surface area (Å²) >= 11 is 0. The topological polar surface area (TPSA) is 105 Å². The van der Waals surface area contributed by atoms with E-state index in [1.54, 1.807) is 0 Å². The van der Waals surface area contributed by atoms with Crippen molar-refractivity contribution in [3.63, 3.8) is 0 Å². The third-order valence-corrected chi connectivity index (χ3v) is 7.00. The number of nitrogens with zero attached hydrogens (tertiary/aromatic N) is 2. The number of esters is 1. The van der Waals surface area contributed by atoms with Crippen LogP contribution in [0.1, 0.15) is 45.4 Å². The predicted molar refractivity (Wildman–Crippen MR) is 103 cm³/mol. The molecule has 0 saturated heterocycles. The van der Waals surface area contributed by atoms with Crippen molar-refractivity contribution < 1.29 is 27.1 Å². The predicted octanol–water partition coefficient (Wildman–Crippen LogP) is 2.61. The van der Waals surface area contributed by atoms with Crippen LogP contribution in [0.5, 0.6) is 0 Å². The molecule has 0 heterocycles. The van der Waals surface area contributed by atoms with Crippen molar-refractivity contribution in [3.05, 3.63) is 30.1 Å². The minimum Gasteiger partial charge on any atom is -0.453 e. The number of hydrogen-bond donors (Lipinski definition) is 0. The van der Waals surface area contributed by atoms with Gasteiger partial charge >= 0.3 is 5.97 Å². The molecular weight excluding hydrogens is 399 g/mol. The zero-order chi connectivity index (χ0) is 21.7. The summed E-state index contributed by atoms with van der Waals surface area (Å²) in [5, 5.41) is 9.58. The Bertz CT molecular complexity index is 886. The van der Waals surface area contributed by atoms with Crippen LogP contribution in [0.4, 0.5) is 4.39 Å². The summed E-state index contributed by atoms with van der Waals surface area (Å²) in [7, 11) is -2.25. The minimum absolute atomic E-state index is 0.0937. The van der Waals surface area contributed by atoms with Crippen molar-refractivity contribution >= 4 is 21.7 Å². The van der Waals surface area contributed by atoms with E-state index < -0.39 is 51.3 Å². The van der Waals surface area contributed by atoms with Gasteiger partial charge in [0, 0.05) is 7.05 Å². The highest BCUT2D eigenvalue weighted by Gasteiger charge is 2.40. The van der Waals surface area contributed by atoms with Crippen molar-refractivity contribution in [2.45, 2.75) is 62.0 Å². The summed E-state index contributed by atoms with van der Waals surface area (Å²) in [6, 6.07) is 6.54. The number of halogens is 1. The Morgan fingerprint density at radius 1 is 1.24 bits per heavy atom. The second-order valence-corrected chi connectivity index (χ2v) is 9.37. The van der Waals surface area contributed by atoms with E-state index in [0.717, 1.165) is 43.5 Å². The molecule has 1 aliphatic rings. The first-order valence-corrected chi connectivity index (χ1v) is 11.1. The van der Waals surface area contributed by atoms with Gasteiger partial charge < -0.3 is 9.64 Å². The van der Waals surface area contributed by atoms with Crippen LogP contribution < -0.4 is 0 Å². The Morgan fingerprint density at radius 3 is 2.38 bits per heavy atom. The average Bonchev–Trinajstić information content (AvgIpc) is 2.72. The number of rotatable bonds is 7. The molecular formula is C20H25FN2O5S. The maximum Gasteiger partial charge on any atom is 0.307 e. The van der Waals surface area contributed by atoms with Crippen LogP contribution in [0.15, 0.2) is 29.2 Å². The second kappa shape index (κ2) is 9.35. The minimum atomic E-state index is -3.78. The molecule has 1 aliphatic carbocycles. The quantitative estimate of drug-likeness (QED) is 0.492. The van der Waals surface area contributed by atoms with E-state index in [9.17, 15) is 27.7 Å². The summed E-state index contributed by atoms with van der Waals surface area (Å²) in [5.41, 5.74) is -0.901. The molecule has 1 aromatic rings. The van der Waals surface area contributed by atoms with E-state index in [-0.39, 0.29) is 4.90 Å². The van der Waals surface area contributed by atoms with Crippen molar-refractivity contribution in [2.75, 3.05) is 12.8 Å². The molecule has 0 radical (unpaired) electrons. The Morgan fingerprint density at radius 2 is 1.83 bits per heavy atom. The Labute approximate surface area is 170 Å². The van der Waals surface area contributed by atoms with E-state index in [1.807, 2.05) is 0 Å². The van der Waals surface area contributed by atoms with E-state index in [4.69, 9.17) is 4.74 Å². The number of nitriles is 1. The standard InChI is InChI=1S/C20H25FN2O5S/c1-15(19(25)23(2)20(14-22)11-4-3-5-12-20)28-18(24)10-13-29(26,27)17-8-6-16(21)7-9-17/h6-9,15H,3-5,10-13H2,1-2H3/t15-/m1/s1. The van der Waals surface area contributed by atoms with Gasteiger partial charge in [-0.2, -0.15) is 5.26 Å². The van der Waals surface area contributed by atoms with Crippen molar-refractivity contribution in [3.8, 4) is 6.07 Å². The maximum atomic E-state index is 12.9. The summed E-state index contributed by atoms with van der Waals surface area (Å²) in [6.07, 6.45) is 2.28. The SMILES string of the molecule is C[C@@H](OC(=O)CCS(=O)(=O)c1ccc(F)cc1)C(=O)N(C)C1(C#N)CCCCC1. The fourth-order valence-corrected chi connectivity index (χ4v) is 4.65. The third kappa shape index (κ3) is 5.54. The number of likely N-dealkylation sites (N-methyl/N-ethyl adjacent to an activating group) is 1. The van der Waals surface area contributed by atoms with Crippen LogP contribution >= 0.6 is 0 Å². The number of amides is 1. The number of carbonyl (C=O) groups is 2. The van der Waals surface area contributed by atoms with E-state index >= 15 is 0 Å². The maximum absolute atomic E-state index is 12.9. The lowest BCUT2D eigenvalue weighted by atomic mass is 9.81. The molecule has 158 valence electrons. The van der Waals surface area contributed by atoms with Gasteiger partial charge in [0.2, 0.25) is 0 Å². The van der Waals surface area contributed by atoms with Crippen molar-refractivity contribution in [1.29, 1.82) is 5.26 Å². The summed E-state index contributed by atoms with van der Waals surface area (Å²) < 4.78 is 42.5. The van der Waals surface area contributed by atoms with Crippen LogP contribution in [-0.2, 0) is 24.2 Å². The lowest BCUT2D eigenvalue weighted by molar-refractivity contribution is -0.160. The molecule has 0 aliphatic heterocycles. The zero-order valence-corrected chi connectivity index (χ0v) is 17.4. The van der Waals surface area contributed by atoms with E-state index in [1.165, 1.54) is 18.9 Å². The molecule has 1 fully saturated rings. The molecule has 0 aromatic heterocycles. The van der Waals surface area contributed by atoms with E-state index in [2.05, 4.69) is 6.07 Å². The van der Waals surface area contributed by atoms with Crippen LogP contribution in [-0.4, -0.2) is 49.6 Å². The highest BCUT2D eigenvalue weighted by molar-refractivity contribution is 7.91. The van der Waals surface area contributed by atoms with Gasteiger partial charge in [-0.05, 0) is 44.0 Å². The number of benzene rings is 1. The Balaban J connectivity index is 1.93. The first-order valence-electron chi connectivity index (χ1n) is 9.48. The Kier molecular flexibility index (Phi) is 7.36. The molecule has 0 N–H and O–H groups in total. The fourth-order valence-electron chi connectivity index (χ4n) is 3.43. The van der Waals surface area contributed by atoms with Crippen LogP contribution in [0.25, 0.3) is 0 Å². The highest BCUT2D eigenvalue weighted by Crippen LogP contribution is 2.32. The second-order valence-electron chi connectivity index (χ2n) is 7.26. The summed E-state index contributed by atoms with van der Waals surface area (Å²) in [6.45, 7) is 1.40. The molecule has 2 rings (SSSR count). The van der Waals surface area contributed by atoms with Gasteiger partial charge in [0.1, 0.15) is 11.4 Å². The van der Waals surface area contributed by atoms with Crippen LogP contribution in [0.2, 0.25) is 0 Å². The van der Waals surface area contributed by atoms with Crippen molar-refractivity contribution in [1.82, 2.24) is 4.90 Å². The third-order valence-electron chi connectivity index (χ3n) is 5.27. The molecule has 7 nitrogen and oxygen atoms in total. The lowest BCUT2D eigenvalue weighted by Gasteiger charge is -2.39. The van der Waals surface area contributed by atoms with Crippen LogP contribution in [0, 0.1) is 17.1 Å². The molecule has 0 unspecified atom stereocenters. The number of sulfone groups is 1. The molecule has 1 atom stereocenters. The van der Waals surface area contributed by atoms with Gasteiger partial charge in [-0.15, -0.1) is 0 Å². The molecule has 0 spiro atoms. The number of ether oxygens (including phenoxy) is 1. The van der Waals surface area contributed by atoms with Gasteiger partial charge in [-0.1, -0.05) is 19.3 Å². The Hall–Kier alpha value is -2.47. The largest absolute Gasteiger partial charge is 0.453 e. The normalized spacial score (nSPS) is 17.0. The first-order chi connectivity index (χ1) is 13.6. The van der Waals surface area contributed by atoms with Gasteiger partial charge in [0.15, 0.2) is 15.9 Å². The van der Waals surface area contributed by atoms with Gasteiger partial charge in [-0.3, -0.25) is 9.59 Å². The molecule has 29 heavy (non-hydrogen) atoms. The molecule has 1 saturated carbocycles. The highest BCUT2D eigenvalue weighted by atomic mass is 32.2. The first kappa shape index (κ1) is 22.8. The lowest BCUT2D eigenvalue weighted by Crippen LogP contribution is -2.53. The van der Waals surface area contributed by atoms with Gasteiger partial charge in [0.05, 0.1) is 23.1 Å². The van der Waals surface area contributed by atoms with E-state index in [0.29, 0.717) is 12.8 Å². The van der Waals surface area contributed by atoms with Crippen molar-refractivity contribution in [2.24, 2.45) is 0 Å². The molecule has 1 aromatic carbocycles. The fraction of sp³-hybridized carbons (Fsp3) is 0.550. The summed E-state index contributed by atoms with van der Waals surface area (Å²) in [4.78, 5) is 25.9. The molecule has 1 amide bonds. The molecule has 0 bridgehead atoms.